The minimum absolute atomic E-state index is 0.726. The number of halogens is 1. The van der Waals surface area contributed by atoms with Crippen molar-refractivity contribution >= 4 is 11.6 Å². The Hall–Kier alpha value is -0.580. The number of hydrogen-bond donors (Lipinski definition) is 1. The van der Waals surface area contributed by atoms with E-state index in [9.17, 15) is 0 Å². The highest BCUT2D eigenvalue weighted by Gasteiger charge is 2.14. The molecule has 0 spiro atoms. The molecule has 5 heteroatoms. The molecule has 0 atom stereocenters. The summed E-state index contributed by atoms with van der Waals surface area (Å²) in [7, 11) is 4.02. The second-order valence-corrected chi connectivity index (χ2v) is 4.44. The second-order valence-electron chi connectivity index (χ2n) is 4.06. The van der Waals surface area contributed by atoms with Crippen molar-refractivity contribution in [2.45, 2.75) is 26.3 Å². The van der Waals surface area contributed by atoms with E-state index in [-0.39, 0.29) is 0 Å². The number of aromatic nitrogens is 2. The average molecular weight is 245 g/mol. The van der Waals surface area contributed by atoms with Crippen LogP contribution in [-0.2, 0) is 20.0 Å². The lowest BCUT2D eigenvalue weighted by Crippen LogP contribution is -2.22. The van der Waals surface area contributed by atoms with E-state index < -0.39 is 0 Å². The predicted octanol–water partition coefficient (Wildman–Crippen LogP) is 1.42. The SMILES string of the molecule is CCc1nn(C)c(CN(C)CCCN)c1Cl. The van der Waals surface area contributed by atoms with E-state index in [0.717, 1.165) is 48.9 Å². The van der Waals surface area contributed by atoms with Gasteiger partial charge in [-0.25, -0.2) is 0 Å². The first-order valence-electron chi connectivity index (χ1n) is 5.69. The van der Waals surface area contributed by atoms with E-state index in [1.54, 1.807) is 0 Å². The van der Waals surface area contributed by atoms with Gasteiger partial charge in [0.2, 0.25) is 0 Å². The Morgan fingerprint density at radius 2 is 2.19 bits per heavy atom. The Morgan fingerprint density at radius 1 is 1.50 bits per heavy atom. The molecule has 0 amide bonds. The van der Waals surface area contributed by atoms with E-state index in [4.69, 9.17) is 17.3 Å². The molecule has 1 aromatic heterocycles. The maximum atomic E-state index is 6.27. The van der Waals surface area contributed by atoms with Gasteiger partial charge in [-0.05, 0) is 33.0 Å². The summed E-state index contributed by atoms with van der Waals surface area (Å²) in [6.07, 6.45) is 1.88. The highest BCUT2D eigenvalue weighted by atomic mass is 35.5. The minimum atomic E-state index is 0.726. The zero-order chi connectivity index (χ0) is 12.1. The summed E-state index contributed by atoms with van der Waals surface area (Å²) in [6, 6.07) is 0. The van der Waals surface area contributed by atoms with E-state index >= 15 is 0 Å². The molecule has 0 radical (unpaired) electrons. The molecule has 0 aliphatic heterocycles. The molecule has 0 unspecified atom stereocenters. The van der Waals surface area contributed by atoms with E-state index in [0.29, 0.717) is 0 Å². The molecule has 0 aromatic carbocycles. The molecule has 1 rings (SSSR count). The predicted molar refractivity (Wildman–Crippen MR) is 67.6 cm³/mol. The fraction of sp³-hybridized carbons (Fsp3) is 0.727. The number of hydrogen-bond acceptors (Lipinski definition) is 3. The Balaban J connectivity index is 2.69. The van der Waals surface area contributed by atoms with Gasteiger partial charge in [-0.15, -0.1) is 0 Å². The third-order valence-corrected chi connectivity index (χ3v) is 3.10. The smallest absolute Gasteiger partial charge is 0.0863 e. The first kappa shape index (κ1) is 13.5. The van der Waals surface area contributed by atoms with Crippen LogP contribution < -0.4 is 5.73 Å². The molecule has 92 valence electrons. The van der Waals surface area contributed by atoms with Crippen molar-refractivity contribution < 1.29 is 0 Å². The van der Waals surface area contributed by atoms with E-state index in [2.05, 4.69) is 24.0 Å². The lowest BCUT2D eigenvalue weighted by atomic mass is 10.3. The molecule has 0 saturated carbocycles. The maximum Gasteiger partial charge on any atom is 0.0863 e. The van der Waals surface area contributed by atoms with Crippen LogP contribution in [0, 0.1) is 0 Å². The molecule has 1 aromatic rings. The van der Waals surface area contributed by atoms with Crippen LogP contribution in [-0.4, -0.2) is 34.8 Å². The van der Waals surface area contributed by atoms with Gasteiger partial charge in [0.15, 0.2) is 0 Å². The lowest BCUT2D eigenvalue weighted by Gasteiger charge is -2.16. The number of aryl methyl sites for hydroxylation is 2. The topological polar surface area (TPSA) is 47.1 Å². The number of nitrogens with two attached hydrogens (primary N) is 1. The van der Waals surface area contributed by atoms with Gasteiger partial charge in [0.05, 0.1) is 16.4 Å². The van der Waals surface area contributed by atoms with Crippen molar-refractivity contribution in [1.82, 2.24) is 14.7 Å². The summed E-state index contributed by atoms with van der Waals surface area (Å²) in [5, 5.41) is 5.21. The van der Waals surface area contributed by atoms with Crippen LogP contribution in [0.2, 0.25) is 5.02 Å². The van der Waals surface area contributed by atoms with Gasteiger partial charge in [0.1, 0.15) is 0 Å². The van der Waals surface area contributed by atoms with E-state index in [1.807, 2.05) is 11.7 Å². The zero-order valence-electron chi connectivity index (χ0n) is 10.3. The third kappa shape index (κ3) is 3.20. The summed E-state index contributed by atoms with van der Waals surface area (Å²) >= 11 is 6.27. The second kappa shape index (κ2) is 6.23. The van der Waals surface area contributed by atoms with Gasteiger partial charge >= 0.3 is 0 Å². The normalized spacial score (nSPS) is 11.4. The molecule has 16 heavy (non-hydrogen) atoms. The lowest BCUT2D eigenvalue weighted by molar-refractivity contribution is 0.315. The van der Waals surface area contributed by atoms with Gasteiger partial charge in [0.25, 0.3) is 0 Å². The molecule has 0 bridgehead atoms. The molecular weight excluding hydrogens is 224 g/mol. The Kier molecular flexibility index (Phi) is 5.25. The standard InChI is InChI=1S/C11H21ClN4/c1-4-9-11(12)10(16(3)14-9)8-15(2)7-5-6-13/h4-8,13H2,1-3H3. The van der Waals surface area contributed by atoms with Crippen molar-refractivity contribution in [3.05, 3.63) is 16.4 Å². The summed E-state index contributed by atoms with van der Waals surface area (Å²) in [6.45, 7) is 4.60. The average Bonchev–Trinajstić information content (AvgIpc) is 2.53. The molecule has 2 N–H and O–H groups in total. The van der Waals surface area contributed by atoms with Crippen LogP contribution >= 0.6 is 11.6 Å². The molecule has 0 aliphatic rings. The van der Waals surface area contributed by atoms with Gasteiger partial charge in [0, 0.05) is 13.6 Å². The monoisotopic (exact) mass is 244 g/mol. The molecule has 1 heterocycles. The van der Waals surface area contributed by atoms with Crippen molar-refractivity contribution in [3.8, 4) is 0 Å². The third-order valence-electron chi connectivity index (χ3n) is 2.67. The zero-order valence-corrected chi connectivity index (χ0v) is 11.1. The number of nitrogens with zero attached hydrogens (tertiary/aromatic N) is 3. The number of rotatable bonds is 6. The molecular formula is C11H21ClN4. The fourth-order valence-corrected chi connectivity index (χ4v) is 2.04. The summed E-state index contributed by atoms with van der Waals surface area (Å²) in [5.41, 5.74) is 7.55. The molecule has 0 aliphatic carbocycles. The van der Waals surface area contributed by atoms with Crippen LogP contribution in [0.25, 0.3) is 0 Å². The molecule has 4 nitrogen and oxygen atoms in total. The van der Waals surface area contributed by atoms with Crippen LogP contribution in [0.1, 0.15) is 24.7 Å². The van der Waals surface area contributed by atoms with Gasteiger partial charge in [-0.3, -0.25) is 4.68 Å². The largest absolute Gasteiger partial charge is 0.330 e. The summed E-state index contributed by atoms with van der Waals surface area (Å²) < 4.78 is 1.88. The van der Waals surface area contributed by atoms with Crippen molar-refractivity contribution in [3.63, 3.8) is 0 Å². The van der Waals surface area contributed by atoms with Gasteiger partial charge in [-0.1, -0.05) is 18.5 Å². The molecule has 0 saturated heterocycles. The highest BCUT2D eigenvalue weighted by molar-refractivity contribution is 6.31. The molecule has 0 fully saturated rings. The highest BCUT2D eigenvalue weighted by Crippen LogP contribution is 2.21. The van der Waals surface area contributed by atoms with Crippen LogP contribution in [0.15, 0.2) is 0 Å². The van der Waals surface area contributed by atoms with Crippen molar-refractivity contribution in [2.75, 3.05) is 20.1 Å². The van der Waals surface area contributed by atoms with Crippen LogP contribution in [0.4, 0.5) is 0 Å². The first-order chi connectivity index (χ1) is 7.60. The fourth-order valence-electron chi connectivity index (χ4n) is 1.69. The first-order valence-corrected chi connectivity index (χ1v) is 6.06. The van der Waals surface area contributed by atoms with E-state index in [1.165, 1.54) is 0 Å². The Labute approximate surface area is 102 Å². The maximum absolute atomic E-state index is 6.27. The quantitative estimate of drug-likeness (QED) is 0.823. The summed E-state index contributed by atoms with van der Waals surface area (Å²) in [4.78, 5) is 2.22. The van der Waals surface area contributed by atoms with Crippen LogP contribution in [0.3, 0.4) is 0 Å². The Bertz CT molecular complexity index is 335. The summed E-state index contributed by atoms with van der Waals surface area (Å²) in [5.74, 6) is 0. The van der Waals surface area contributed by atoms with Crippen molar-refractivity contribution in [2.24, 2.45) is 12.8 Å². The van der Waals surface area contributed by atoms with Gasteiger partial charge < -0.3 is 10.6 Å². The van der Waals surface area contributed by atoms with Gasteiger partial charge in [-0.2, -0.15) is 5.10 Å². The van der Waals surface area contributed by atoms with Crippen LogP contribution in [0.5, 0.6) is 0 Å². The van der Waals surface area contributed by atoms with Crippen molar-refractivity contribution in [1.29, 1.82) is 0 Å². The minimum Gasteiger partial charge on any atom is -0.330 e. The Morgan fingerprint density at radius 3 is 2.69 bits per heavy atom.